The highest BCUT2D eigenvalue weighted by Gasteiger charge is 2.38. The fourth-order valence-corrected chi connectivity index (χ4v) is 2.57. The highest BCUT2D eigenvalue weighted by molar-refractivity contribution is 9.10. The maximum atomic E-state index is 12.9. The summed E-state index contributed by atoms with van der Waals surface area (Å²) < 4.78 is 39.4. The van der Waals surface area contributed by atoms with Crippen molar-refractivity contribution in [2.24, 2.45) is 0 Å². The van der Waals surface area contributed by atoms with E-state index in [1.165, 1.54) is 38.1 Å². The third-order valence-electron chi connectivity index (χ3n) is 3.44. The maximum absolute atomic E-state index is 12.9. The number of alkyl halides is 3. The Hall–Kier alpha value is -2.43. The zero-order valence-electron chi connectivity index (χ0n) is 13.0. The first-order chi connectivity index (χ1) is 11.5. The molecule has 134 valence electrons. The third kappa shape index (κ3) is 3.98. The molecule has 1 amide bonds. The van der Waals surface area contributed by atoms with Gasteiger partial charge in [0.05, 0.1) is 15.1 Å². The summed E-state index contributed by atoms with van der Waals surface area (Å²) in [5.74, 6) is -0.610. The number of halogens is 4. The number of carbonyl (C=O) groups excluding carboxylic acids is 1. The van der Waals surface area contributed by atoms with Crippen LogP contribution in [0.3, 0.4) is 0 Å². The molecule has 0 aliphatic carbocycles. The number of nitro groups is 1. The van der Waals surface area contributed by atoms with Crippen LogP contribution in [0.4, 0.5) is 24.5 Å². The number of hydrogen-bond donors (Lipinski definition) is 1. The lowest BCUT2D eigenvalue weighted by atomic mass is 10.2. The Kier molecular flexibility index (Phi) is 5.16. The highest BCUT2D eigenvalue weighted by atomic mass is 79.9. The summed E-state index contributed by atoms with van der Waals surface area (Å²) >= 11 is 2.84. The van der Waals surface area contributed by atoms with E-state index >= 15 is 0 Å². The molecule has 1 atom stereocenters. The van der Waals surface area contributed by atoms with Gasteiger partial charge in [0.2, 0.25) is 5.91 Å². The summed E-state index contributed by atoms with van der Waals surface area (Å²) in [5, 5.41) is 16.5. The zero-order valence-corrected chi connectivity index (χ0v) is 14.6. The number of nitro benzene ring substituents is 1. The molecule has 25 heavy (non-hydrogen) atoms. The van der Waals surface area contributed by atoms with E-state index in [1.54, 1.807) is 0 Å². The maximum Gasteiger partial charge on any atom is 0.436 e. The third-order valence-corrected chi connectivity index (χ3v) is 4.39. The van der Waals surface area contributed by atoms with Crippen molar-refractivity contribution in [3.05, 3.63) is 50.2 Å². The van der Waals surface area contributed by atoms with Gasteiger partial charge in [0.25, 0.3) is 5.69 Å². The summed E-state index contributed by atoms with van der Waals surface area (Å²) in [5.41, 5.74) is -0.825. The summed E-state index contributed by atoms with van der Waals surface area (Å²) in [7, 11) is 0. The topological polar surface area (TPSA) is 90.1 Å². The molecule has 1 aromatic heterocycles. The van der Waals surface area contributed by atoms with E-state index in [2.05, 4.69) is 26.3 Å². The molecule has 0 fully saturated rings. The number of anilines is 1. The minimum atomic E-state index is -4.65. The number of carbonyl (C=O) groups is 1. The van der Waals surface area contributed by atoms with Crippen molar-refractivity contribution >= 4 is 33.2 Å². The smallest absolute Gasteiger partial charge is 0.324 e. The normalized spacial score (nSPS) is 12.7. The van der Waals surface area contributed by atoms with Crippen LogP contribution in [0.15, 0.2) is 28.7 Å². The lowest BCUT2D eigenvalue weighted by Crippen LogP contribution is -2.25. The van der Waals surface area contributed by atoms with Gasteiger partial charge in [-0.05, 0) is 41.9 Å². The molecule has 0 aliphatic rings. The van der Waals surface area contributed by atoms with Crippen molar-refractivity contribution < 1.29 is 22.9 Å². The molecule has 2 aromatic rings. The van der Waals surface area contributed by atoms with Crippen LogP contribution in [0.25, 0.3) is 0 Å². The molecule has 1 aromatic carbocycles. The van der Waals surface area contributed by atoms with Gasteiger partial charge >= 0.3 is 6.18 Å². The molecule has 1 heterocycles. The number of nitrogens with zero attached hydrogens (tertiary/aromatic N) is 3. The van der Waals surface area contributed by atoms with Crippen LogP contribution in [0.5, 0.6) is 0 Å². The van der Waals surface area contributed by atoms with Crippen molar-refractivity contribution in [3.8, 4) is 0 Å². The molecule has 2 rings (SSSR count). The SMILES string of the molecule is Cc1c(Br)c(C(F)(F)F)nn1C(C)C(=O)Nc1ccc([N+](=O)[O-])cc1. The van der Waals surface area contributed by atoms with E-state index < -0.39 is 28.7 Å². The number of benzene rings is 1. The van der Waals surface area contributed by atoms with Crippen molar-refractivity contribution in [2.45, 2.75) is 26.1 Å². The fraction of sp³-hybridized carbons (Fsp3) is 0.286. The minimum Gasteiger partial charge on any atom is -0.324 e. The summed E-state index contributed by atoms with van der Waals surface area (Å²) in [6, 6.07) is 4.05. The molecule has 0 bridgehead atoms. The first kappa shape index (κ1) is 18.9. The molecule has 0 spiro atoms. The van der Waals surface area contributed by atoms with E-state index in [4.69, 9.17) is 0 Å². The van der Waals surface area contributed by atoms with Gasteiger partial charge in [0, 0.05) is 17.8 Å². The average Bonchev–Trinajstić information content (AvgIpc) is 2.83. The molecule has 0 saturated carbocycles. The molecule has 1 unspecified atom stereocenters. The Balaban J connectivity index is 2.21. The first-order valence-corrected chi connectivity index (χ1v) is 7.68. The van der Waals surface area contributed by atoms with Gasteiger partial charge in [-0.25, -0.2) is 0 Å². The van der Waals surface area contributed by atoms with Gasteiger partial charge in [0.15, 0.2) is 5.69 Å². The minimum absolute atomic E-state index is 0.146. The number of aromatic nitrogens is 2. The molecular weight excluding hydrogens is 409 g/mol. The Morgan fingerprint density at radius 3 is 2.36 bits per heavy atom. The lowest BCUT2D eigenvalue weighted by molar-refractivity contribution is -0.384. The number of rotatable bonds is 4. The second-order valence-corrected chi connectivity index (χ2v) is 5.95. The average molecular weight is 421 g/mol. The molecule has 0 aliphatic heterocycles. The van der Waals surface area contributed by atoms with Gasteiger partial charge in [-0.15, -0.1) is 0 Å². The van der Waals surface area contributed by atoms with Crippen molar-refractivity contribution in [2.75, 3.05) is 5.32 Å². The number of non-ortho nitro benzene ring substituents is 1. The number of hydrogen-bond acceptors (Lipinski definition) is 4. The van der Waals surface area contributed by atoms with Gasteiger partial charge < -0.3 is 5.32 Å². The van der Waals surface area contributed by atoms with E-state index in [9.17, 15) is 28.1 Å². The van der Waals surface area contributed by atoms with Gasteiger partial charge in [-0.3, -0.25) is 19.6 Å². The monoisotopic (exact) mass is 420 g/mol. The quantitative estimate of drug-likeness (QED) is 0.595. The van der Waals surface area contributed by atoms with Crippen LogP contribution >= 0.6 is 15.9 Å². The Bertz CT molecular complexity index is 818. The van der Waals surface area contributed by atoms with Crippen LogP contribution in [-0.4, -0.2) is 20.6 Å². The Morgan fingerprint density at radius 2 is 1.92 bits per heavy atom. The number of nitrogens with one attached hydrogen (secondary N) is 1. The summed E-state index contributed by atoms with van der Waals surface area (Å²) in [6.07, 6.45) is -4.65. The second kappa shape index (κ2) is 6.82. The predicted molar refractivity (Wildman–Crippen MR) is 86.1 cm³/mol. The molecule has 7 nitrogen and oxygen atoms in total. The Labute approximate surface area is 148 Å². The van der Waals surface area contributed by atoms with E-state index in [1.807, 2.05) is 0 Å². The van der Waals surface area contributed by atoms with Crippen LogP contribution in [0, 0.1) is 17.0 Å². The van der Waals surface area contributed by atoms with Crippen molar-refractivity contribution in [1.82, 2.24) is 9.78 Å². The van der Waals surface area contributed by atoms with E-state index in [0.29, 0.717) is 0 Å². The van der Waals surface area contributed by atoms with E-state index in [-0.39, 0.29) is 21.5 Å². The molecule has 0 saturated heterocycles. The van der Waals surface area contributed by atoms with Gasteiger partial charge in [-0.2, -0.15) is 18.3 Å². The largest absolute Gasteiger partial charge is 0.436 e. The first-order valence-electron chi connectivity index (χ1n) is 6.89. The van der Waals surface area contributed by atoms with Crippen molar-refractivity contribution in [3.63, 3.8) is 0 Å². The van der Waals surface area contributed by atoms with Crippen LogP contribution in [0.2, 0.25) is 0 Å². The molecular formula is C14H12BrF3N4O3. The van der Waals surface area contributed by atoms with Crippen LogP contribution < -0.4 is 5.32 Å². The molecule has 0 radical (unpaired) electrons. The molecule has 1 N–H and O–H groups in total. The lowest BCUT2D eigenvalue weighted by Gasteiger charge is -2.14. The standard InChI is InChI=1S/C14H12BrF3N4O3/c1-7-11(15)12(14(16,17)18)20-21(7)8(2)13(23)19-9-3-5-10(6-4-9)22(24)25/h3-6,8H,1-2H3,(H,19,23). The molecule has 11 heteroatoms. The predicted octanol–water partition coefficient (Wildman–Crippen LogP) is 4.08. The van der Waals surface area contributed by atoms with Gasteiger partial charge in [0.1, 0.15) is 6.04 Å². The number of amides is 1. The van der Waals surface area contributed by atoms with E-state index in [0.717, 1.165) is 4.68 Å². The summed E-state index contributed by atoms with van der Waals surface area (Å²) in [4.78, 5) is 22.3. The summed E-state index contributed by atoms with van der Waals surface area (Å²) in [6.45, 7) is 2.80. The second-order valence-electron chi connectivity index (χ2n) is 5.16. The Morgan fingerprint density at radius 1 is 1.36 bits per heavy atom. The highest BCUT2D eigenvalue weighted by Crippen LogP contribution is 2.36. The van der Waals surface area contributed by atoms with Crippen LogP contribution in [-0.2, 0) is 11.0 Å². The zero-order chi connectivity index (χ0) is 18.9. The fourth-order valence-electron chi connectivity index (χ4n) is 2.08. The van der Waals surface area contributed by atoms with Crippen LogP contribution in [0.1, 0.15) is 24.4 Å². The van der Waals surface area contributed by atoms with Gasteiger partial charge in [-0.1, -0.05) is 0 Å². The van der Waals surface area contributed by atoms with Crippen molar-refractivity contribution in [1.29, 1.82) is 0 Å².